The molecule has 8 heteroatoms. The number of carbonyl (C=O) groups excluding carboxylic acids is 2. The predicted molar refractivity (Wildman–Crippen MR) is 130 cm³/mol. The summed E-state index contributed by atoms with van der Waals surface area (Å²) in [5.41, 5.74) is 0.666. The zero-order valence-electron chi connectivity index (χ0n) is 20.2. The summed E-state index contributed by atoms with van der Waals surface area (Å²) in [6.07, 6.45) is 6.80. The van der Waals surface area contributed by atoms with Crippen molar-refractivity contribution in [1.82, 2.24) is 10.2 Å². The van der Waals surface area contributed by atoms with Crippen LogP contribution in [0.25, 0.3) is 0 Å². The fourth-order valence-electron chi connectivity index (χ4n) is 4.14. The van der Waals surface area contributed by atoms with Crippen LogP contribution in [0.5, 0.6) is 11.5 Å². The number of methoxy groups -OCH3 is 1. The van der Waals surface area contributed by atoms with E-state index in [1.807, 2.05) is 19.9 Å². The molecule has 0 radical (unpaired) electrons. The molecule has 1 aromatic carbocycles. The Kier molecular flexibility index (Phi) is 12.4. The number of hydrogen-bond acceptors (Lipinski definition) is 5. The molecule has 1 saturated carbocycles. The minimum atomic E-state index is -0.811. The number of halogens is 1. The fraction of sp³-hybridized carbons (Fsp3) is 0.680. The maximum Gasteiger partial charge on any atom is 0.247 e. The third-order valence-corrected chi connectivity index (χ3v) is 6.03. The summed E-state index contributed by atoms with van der Waals surface area (Å²) >= 11 is 5.96. The van der Waals surface area contributed by atoms with Gasteiger partial charge in [0.2, 0.25) is 11.8 Å². The Bertz CT molecular complexity index is 740. The first-order chi connectivity index (χ1) is 16.0. The van der Waals surface area contributed by atoms with Crippen LogP contribution in [-0.2, 0) is 14.3 Å². The summed E-state index contributed by atoms with van der Waals surface area (Å²) < 4.78 is 16.8. The summed E-state index contributed by atoms with van der Waals surface area (Å²) in [6.45, 7) is 6.00. The van der Waals surface area contributed by atoms with E-state index < -0.39 is 6.04 Å². The second-order valence-corrected chi connectivity index (χ2v) is 8.54. The van der Waals surface area contributed by atoms with Gasteiger partial charge in [-0.2, -0.15) is 0 Å². The van der Waals surface area contributed by atoms with Gasteiger partial charge < -0.3 is 24.4 Å². The Morgan fingerprint density at radius 1 is 1.15 bits per heavy atom. The molecule has 0 saturated heterocycles. The van der Waals surface area contributed by atoms with Crippen LogP contribution in [0.15, 0.2) is 18.2 Å². The van der Waals surface area contributed by atoms with Crippen molar-refractivity contribution in [3.63, 3.8) is 0 Å². The van der Waals surface area contributed by atoms with Gasteiger partial charge in [0.25, 0.3) is 0 Å². The summed E-state index contributed by atoms with van der Waals surface area (Å²) in [7, 11) is 1.57. The number of hydrogen-bond donors (Lipinski definition) is 1. The van der Waals surface area contributed by atoms with E-state index >= 15 is 0 Å². The van der Waals surface area contributed by atoms with E-state index in [1.165, 1.54) is 6.42 Å². The molecule has 1 aliphatic carbocycles. The lowest BCUT2D eigenvalue weighted by Gasteiger charge is -2.33. The third kappa shape index (κ3) is 8.38. The molecule has 0 aromatic heterocycles. The first-order valence-corrected chi connectivity index (χ1v) is 12.6. The van der Waals surface area contributed by atoms with Gasteiger partial charge in [-0.05, 0) is 50.3 Å². The zero-order chi connectivity index (χ0) is 24.1. The molecule has 1 atom stereocenters. The largest absolute Gasteiger partial charge is 0.493 e. The number of benzene rings is 1. The maximum atomic E-state index is 13.6. The van der Waals surface area contributed by atoms with E-state index in [9.17, 15) is 9.59 Å². The number of nitrogens with zero attached hydrogens (tertiary/aromatic N) is 1. The molecule has 1 aromatic rings. The molecular weight excluding hydrogens is 444 g/mol. The lowest BCUT2D eigenvalue weighted by Crippen LogP contribution is -2.48. The minimum Gasteiger partial charge on any atom is -0.493 e. The molecule has 33 heavy (non-hydrogen) atoms. The van der Waals surface area contributed by atoms with Crippen molar-refractivity contribution < 1.29 is 23.8 Å². The second kappa shape index (κ2) is 15.0. The van der Waals surface area contributed by atoms with Crippen molar-refractivity contribution in [2.75, 3.05) is 39.4 Å². The smallest absolute Gasteiger partial charge is 0.247 e. The molecule has 0 aliphatic heterocycles. The van der Waals surface area contributed by atoms with Crippen molar-refractivity contribution in [2.24, 2.45) is 0 Å². The van der Waals surface area contributed by atoms with Gasteiger partial charge >= 0.3 is 0 Å². The summed E-state index contributed by atoms with van der Waals surface area (Å²) in [5.74, 6) is 0.463. The van der Waals surface area contributed by atoms with E-state index in [1.54, 1.807) is 24.1 Å². The topological polar surface area (TPSA) is 77.1 Å². The van der Waals surface area contributed by atoms with Gasteiger partial charge in [0, 0.05) is 25.8 Å². The fourth-order valence-corrected chi connectivity index (χ4v) is 4.29. The Hall–Kier alpha value is -1.99. The molecule has 0 unspecified atom stereocenters. The highest BCUT2D eigenvalue weighted by molar-refractivity contribution is 6.27. The van der Waals surface area contributed by atoms with E-state index in [2.05, 4.69) is 5.32 Å². The quantitative estimate of drug-likeness (QED) is 0.313. The van der Waals surface area contributed by atoms with E-state index in [4.69, 9.17) is 25.8 Å². The second-order valence-electron chi connectivity index (χ2n) is 8.28. The van der Waals surface area contributed by atoms with Crippen LogP contribution in [0, 0.1) is 0 Å². The summed E-state index contributed by atoms with van der Waals surface area (Å²) in [5, 5.41) is 3.19. The van der Waals surface area contributed by atoms with Crippen LogP contribution < -0.4 is 14.8 Å². The zero-order valence-corrected chi connectivity index (χ0v) is 21.0. The minimum absolute atomic E-state index is 0.124. The average Bonchev–Trinajstić information content (AvgIpc) is 2.84. The van der Waals surface area contributed by atoms with Gasteiger partial charge in [-0.15, -0.1) is 11.6 Å². The standard InChI is InChI=1S/C25H39ClN2O5/c1-4-15-33-21-13-12-19(17-22(21)31-3)24(25(30)27-20-10-7-6-8-11-20)28(23(29)18-26)14-9-16-32-5-2/h12-13,17,20,24H,4-11,14-16,18H2,1-3H3,(H,27,30)/t24-/m0/s1. The molecule has 0 spiro atoms. The van der Waals surface area contributed by atoms with Crippen LogP contribution in [0.3, 0.4) is 0 Å². The van der Waals surface area contributed by atoms with Crippen LogP contribution in [-0.4, -0.2) is 62.1 Å². The van der Waals surface area contributed by atoms with Crippen LogP contribution >= 0.6 is 11.6 Å². The van der Waals surface area contributed by atoms with Crippen LogP contribution in [0.4, 0.5) is 0 Å². The number of carbonyl (C=O) groups is 2. The lowest BCUT2D eigenvalue weighted by molar-refractivity contribution is -0.139. The number of alkyl halides is 1. The predicted octanol–water partition coefficient (Wildman–Crippen LogP) is 4.47. The highest BCUT2D eigenvalue weighted by Gasteiger charge is 2.33. The number of ether oxygens (including phenoxy) is 3. The molecule has 2 amide bonds. The molecule has 0 bridgehead atoms. The van der Waals surface area contributed by atoms with Gasteiger partial charge in [0.1, 0.15) is 11.9 Å². The van der Waals surface area contributed by atoms with Crippen LogP contribution in [0.2, 0.25) is 0 Å². The van der Waals surface area contributed by atoms with E-state index in [0.717, 1.165) is 32.1 Å². The average molecular weight is 483 g/mol. The molecule has 1 aliphatic rings. The van der Waals surface area contributed by atoms with Crippen molar-refractivity contribution in [3.05, 3.63) is 23.8 Å². The normalized spacial score (nSPS) is 15.0. The Balaban J connectivity index is 2.36. The van der Waals surface area contributed by atoms with Gasteiger partial charge in [-0.1, -0.05) is 32.3 Å². The highest BCUT2D eigenvalue weighted by Crippen LogP contribution is 2.33. The van der Waals surface area contributed by atoms with Crippen molar-refractivity contribution in [2.45, 2.75) is 70.9 Å². The first kappa shape index (κ1) is 27.3. The number of rotatable bonds is 14. The van der Waals surface area contributed by atoms with E-state index in [0.29, 0.717) is 49.8 Å². The van der Waals surface area contributed by atoms with Gasteiger partial charge in [-0.3, -0.25) is 9.59 Å². The van der Waals surface area contributed by atoms with Gasteiger partial charge in [0.05, 0.1) is 13.7 Å². The lowest BCUT2D eigenvalue weighted by atomic mass is 9.94. The number of nitrogens with one attached hydrogen (secondary N) is 1. The Labute approximate surface area is 203 Å². The molecule has 186 valence electrons. The van der Waals surface area contributed by atoms with Crippen LogP contribution in [0.1, 0.15) is 70.4 Å². The van der Waals surface area contributed by atoms with Gasteiger partial charge in [-0.25, -0.2) is 0 Å². The molecule has 1 fully saturated rings. The van der Waals surface area contributed by atoms with E-state index in [-0.39, 0.29) is 23.7 Å². The Morgan fingerprint density at radius 3 is 2.55 bits per heavy atom. The number of amides is 2. The molecule has 0 heterocycles. The third-order valence-electron chi connectivity index (χ3n) is 5.80. The molecule has 7 nitrogen and oxygen atoms in total. The highest BCUT2D eigenvalue weighted by atomic mass is 35.5. The SMILES string of the molecule is CCCOc1ccc([C@@H](C(=O)NC2CCCCC2)N(CCCOCC)C(=O)CCl)cc1OC. The molecular formula is C25H39ClN2O5. The monoisotopic (exact) mass is 482 g/mol. The van der Waals surface area contributed by atoms with Crippen molar-refractivity contribution >= 4 is 23.4 Å². The van der Waals surface area contributed by atoms with Crippen molar-refractivity contribution in [1.29, 1.82) is 0 Å². The Morgan fingerprint density at radius 2 is 1.91 bits per heavy atom. The summed E-state index contributed by atoms with van der Waals surface area (Å²) in [4.78, 5) is 28.0. The molecule has 1 N–H and O–H groups in total. The maximum absolute atomic E-state index is 13.6. The van der Waals surface area contributed by atoms with Crippen molar-refractivity contribution in [3.8, 4) is 11.5 Å². The first-order valence-electron chi connectivity index (χ1n) is 12.1. The summed E-state index contributed by atoms with van der Waals surface area (Å²) in [6, 6.07) is 4.73. The molecule has 2 rings (SSSR count). The van der Waals surface area contributed by atoms with Gasteiger partial charge in [0.15, 0.2) is 11.5 Å².